The topological polar surface area (TPSA) is 32.8 Å². The van der Waals surface area contributed by atoms with Gasteiger partial charge in [0.2, 0.25) is 0 Å². The number of ketones is 1. The van der Waals surface area contributed by atoms with Gasteiger partial charge in [-0.3, -0.25) is 4.79 Å². The maximum absolute atomic E-state index is 12.3. The Morgan fingerprint density at radius 3 is 2.19 bits per heavy atom. The van der Waals surface area contributed by atoms with Crippen LogP contribution in [0.1, 0.15) is 27.6 Å². The minimum Gasteiger partial charge on any atom is -0.378 e. The van der Waals surface area contributed by atoms with Gasteiger partial charge < -0.3 is 9.64 Å². The van der Waals surface area contributed by atoms with Crippen LogP contribution in [0.2, 0.25) is 0 Å². The number of epoxide rings is 1. The lowest BCUT2D eigenvalue weighted by atomic mass is 10.0. The SMILES string of the molecule is Cc1ccc(C(=O)C2OC2c2ccc(N(C)C)cc2)cc1. The molecule has 3 nitrogen and oxygen atoms in total. The van der Waals surface area contributed by atoms with Gasteiger partial charge in [-0.25, -0.2) is 0 Å². The highest BCUT2D eigenvalue weighted by Crippen LogP contribution is 2.41. The normalized spacial score (nSPS) is 20.1. The quantitative estimate of drug-likeness (QED) is 0.636. The monoisotopic (exact) mass is 281 g/mol. The second-order valence-corrected chi connectivity index (χ2v) is 5.69. The zero-order valence-electron chi connectivity index (χ0n) is 12.5. The number of Topliss-reactive ketones (excluding diaryl/α,β-unsaturated/α-hetero) is 1. The molecule has 1 heterocycles. The molecule has 0 spiro atoms. The van der Waals surface area contributed by atoms with Gasteiger partial charge in [0, 0.05) is 25.3 Å². The third-order valence-electron chi connectivity index (χ3n) is 3.82. The number of anilines is 1. The largest absolute Gasteiger partial charge is 0.378 e. The lowest BCUT2D eigenvalue weighted by Crippen LogP contribution is -2.09. The van der Waals surface area contributed by atoms with Gasteiger partial charge in [0.05, 0.1) is 0 Å². The second kappa shape index (κ2) is 5.34. The minimum atomic E-state index is -0.335. The van der Waals surface area contributed by atoms with Crippen LogP contribution in [0, 0.1) is 6.92 Å². The molecule has 3 rings (SSSR count). The van der Waals surface area contributed by atoms with Gasteiger partial charge >= 0.3 is 0 Å². The van der Waals surface area contributed by atoms with Crippen LogP contribution in [-0.2, 0) is 4.74 Å². The Morgan fingerprint density at radius 1 is 1.00 bits per heavy atom. The van der Waals surface area contributed by atoms with Crippen molar-refractivity contribution in [3.05, 3.63) is 65.2 Å². The summed E-state index contributed by atoms with van der Waals surface area (Å²) in [4.78, 5) is 14.4. The summed E-state index contributed by atoms with van der Waals surface area (Å²) >= 11 is 0. The summed E-state index contributed by atoms with van der Waals surface area (Å²) in [5.41, 5.74) is 4.07. The van der Waals surface area contributed by atoms with Gasteiger partial charge in [0.1, 0.15) is 6.10 Å². The van der Waals surface area contributed by atoms with Crippen molar-refractivity contribution in [1.82, 2.24) is 0 Å². The van der Waals surface area contributed by atoms with Crippen LogP contribution in [0.3, 0.4) is 0 Å². The molecule has 2 unspecified atom stereocenters. The van der Waals surface area contributed by atoms with Gasteiger partial charge in [0.15, 0.2) is 11.9 Å². The maximum atomic E-state index is 12.3. The first-order valence-corrected chi connectivity index (χ1v) is 7.10. The van der Waals surface area contributed by atoms with E-state index >= 15 is 0 Å². The standard InChI is InChI=1S/C18H19NO2/c1-12-4-6-13(7-5-12)16(20)18-17(21-18)14-8-10-15(11-9-14)19(2)3/h4-11,17-18H,1-3H3. The summed E-state index contributed by atoms with van der Waals surface area (Å²) in [6.45, 7) is 2.01. The van der Waals surface area contributed by atoms with E-state index < -0.39 is 0 Å². The fourth-order valence-electron chi connectivity index (χ4n) is 2.41. The molecule has 2 atom stereocenters. The predicted octanol–water partition coefficient (Wildman–Crippen LogP) is 3.38. The number of aryl methyl sites for hydroxylation is 1. The van der Waals surface area contributed by atoms with Gasteiger partial charge in [-0.1, -0.05) is 42.0 Å². The lowest BCUT2D eigenvalue weighted by Gasteiger charge is -2.12. The van der Waals surface area contributed by atoms with Crippen molar-refractivity contribution in [2.75, 3.05) is 19.0 Å². The summed E-state index contributed by atoms with van der Waals surface area (Å²) in [5, 5.41) is 0. The lowest BCUT2D eigenvalue weighted by molar-refractivity contribution is 0.0953. The predicted molar refractivity (Wildman–Crippen MR) is 83.9 cm³/mol. The molecule has 0 radical (unpaired) electrons. The Bertz CT molecular complexity index is 644. The highest BCUT2D eigenvalue weighted by molar-refractivity contribution is 6.01. The van der Waals surface area contributed by atoms with E-state index in [-0.39, 0.29) is 18.0 Å². The summed E-state index contributed by atoms with van der Waals surface area (Å²) < 4.78 is 5.59. The highest BCUT2D eigenvalue weighted by atomic mass is 16.6. The molecule has 1 fully saturated rings. The second-order valence-electron chi connectivity index (χ2n) is 5.69. The smallest absolute Gasteiger partial charge is 0.194 e. The van der Waals surface area contributed by atoms with Crippen molar-refractivity contribution in [3.8, 4) is 0 Å². The summed E-state index contributed by atoms with van der Waals surface area (Å²) in [6.07, 6.45) is -0.437. The van der Waals surface area contributed by atoms with Gasteiger partial charge in [-0.2, -0.15) is 0 Å². The van der Waals surface area contributed by atoms with Crippen LogP contribution < -0.4 is 4.90 Å². The minimum absolute atomic E-state index is 0.0664. The molecule has 0 bridgehead atoms. The van der Waals surface area contributed by atoms with Crippen molar-refractivity contribution in [2.45, 2.75) is 19.1 Å². The van der Waals surface area contributed by atoms with Crippen LogP contribution in [0.5, 0.6) is 0 Å². The van der Waals surface area contributed by atoms with Crippen LogP contribution >= 0.6 is 0 Å². The molecule has 0 aromatic heterocycles. The Hall–Kier alpha value is -2.13. The first-order valence-electron chi connectivity index (χ1n) is 7.10. The molecule has 2 aromatic carbocycles. The number of hydrogen-bond donors (Lipinski definition) is 0. The van der Waals surface area contributed by atoms with Crippen molar-refractivity contribution in [1.29, 1.82) is 0 Å². The third-order valence-corrected chi connectivity index (χ3v) is 3.82. The molecule has 0 N–H and O–H groups in total. The molecule has 108 valence electrons. The molecule has 1 aliphatic heterocycles. The van der Waals surface area contributed by atoms with E-state index in [1.165, 1.54) is 0 Å². The van der Waals surface area contributed by atoms with Crippen molar-refractivity contribution in [2.24, 2.45) is 0 Å². The van der Waals surface area contributed by atoms with Crippen LogP contribution in [0.15, 0.2) is 48.5 Å². The van der Waals surface area contributed by atoms with E-state index in [2.05, 4.69) is 0 Å². The Morgan fingerprint density at radius 2 is 1.62 bits per heavy atom. The number of carbonyl (C=O) groups excluding carboxylic acids is 1. The highest BCUT2D eigenvalue weighted by Gasteiger charge is 2.46. The van der Waals surface area contributed by atoms with Crippen molar-refractivity contribution in [3.63, 3.8) is 0 Å². The maximum Gasteiger partial charge on any atom is 0.194 e. The molecule has 0 amide bonds. The molecule has 0 aliphatic carbocycles. The van der Waals surface area contributed by atoms with E-state index in [1.807, 2.05) is 74.4 Å². The fourth-order valence-corrected chi connectivity index (χ4v) is 2.41. The summed E-state index contributed by atoms with van der Waals surface area (Å²) in [6, 6.07) is 15.8. The molecule has 1 aliphatic rings. The number of benzene rings is 2. The molecule has 3 heteroatoms. The summed E-state index contributed by atoms with van der Waals surface area (Å²) in [7, 11) is 4.01. The van der Waals surface area contributed by atoms with E-state index in [0.29, 0.717) is 0 Å². The first-order chi connectivity index (χ1) is 10.1. The fraction of sp³-hybridized carbons (Fsp3) is 0.278. The number of carbonyl (C=O) groups is 1. The first kappa shape index (κ1) is 13.8. The number of ether oxygens (including phenoxy) is 1. The number of nitrogens with zero attached hydrogens (tertiary/aromatic N) is 1. The average Bonchev–Trinajstić information content (AvgIpc) is 3.28. The Balaban J connectivity index is 1.71. The summed E-state index contributed by atoms with van der Waals surface area (Å²) in [5.74, 6) is 0.0664. The van der Waals surface area contributed by atoms with Crippen molar-refractivity contribution < 1.29 is 9.53 Å². The molecule has 0 saturated carbocycles. The molecule has 1 saturated heterocycles. The van der Waals surface area contributed by atoms with E-state index in [9.17, 15) is 4.79 Å². The molecular weight excluding hydrogens is 262 g/mol. The average molecular weight is 281 g/mol. The van der Waals surface area contributed by atoms with Gasteiger partial charge in [-0.15, -0.1) is 0 Å². The molecule has 21 heavy (non-hydrogen) atoms. The van der Waals surface area contributed by atoms with Crippen LogP contribution in [0.25, 0.3) is 0 Å². The van der Waals surface area contributed by atoms with Crippen molar-refractivity contribution >= 4 is 11.5 Å². The number of rotatable bonds is 4. The van der Waals surface area contributed by atoms with Gasteiger partial charge in [0.25, 0.3) is 0 Å². The van der Waals surface area contributed by atoms with Crippen LogP contribution in [0.4, 0.5) is 5.69 Å². The zero-order chi connectivity index (χ0) is 15.0. The van der Waals surface area contributed by atoms with Gasteiger partial charge in [-0.05, 0) is 24.6 Å². The zero-order valence-corrected chi connectivity index (χ0v) is 12.5. The Labute approximate surface area is 125 Å². The van der Waals surface area contributed by atoms with Crippen LogP contribution in [-0.4, -0.2) is 26.0 Å². The molecule has 2 aromatic rings. The third kappa shape index (κ3) is 2.83. The van der Waals surface area contributed by atoms with E-state index in [4.69, 9.17) is 4.74 Å². The Kier molecular flexibility index (Phi) is 3.52. The van der Waals surface area contributed by atoms with E-state index in [0.717, 1.165) is 22.4 Å². The number of hydrogen-bond acceptors (Lipinski definition) is 3. The van der Waals surface area contributed by atoms with E-state index in [1.54, 1.807) is 0 Å². The molecular formula is C18H19NO2.